The number of nitrogens with one attached hydrogen (secondary N) is 2. The molecule has 1 atom stereocenters. The van der Waals surface area contributed by atoms with Crippen LogP contribution < -0.4 is 10.6 Å². The normalized spacial score (nSPS) is 17.7. The Kier molecular flexibility index (Phi) is 3.73. The number of amides is 1. The highest BCUT2D eigenvalue weighted by Gasteiger charge is 2.24. The van der Waals surface area contributed by atoms with Gasteiger partial charge in [0.15, 0.2) is 0 Å². The van der Waals surface area contributed by atoms with Gasteiger partial charge in [0.25, 0.3) is 5.69 Å². The molecule has 0 saturated carbocycles. The van der Waals surface area contributed by atoms with Gasteiger partial charge in [-0.25, -0.2) is 0 Å². The molecular weight excluding hydrogens is 248 g/mol. The third-order valence-electron chi connectivity index (χ3n) is 2.96. The second kappa shape index (κ2) is 5.46. The number of benzene rings is 1. The van der Waals surface area contributed by atoms with Gasteiger partial charge in [0.1, 0.15) is 5.69 Å². The average molecular weight is 260 g/mol. The first-order chi connectivity index (χ1) is 9.11. The van der Waals surface area contributed by atoms with E-state index in [0.717, 1.165) is 25.5 Å². The maximum Gasteiger partial charge on any atom is 0.294 e. The third-order valence-corrected chi connectivity index (χ3v) is 2.96. The minimum atomic E-state index is -0.613. The maximum absolute atomic E-state index is 11.9. The number of anilines is 1. The first-order valence-electron chi connectivity index (χ1n) is 5.84. The Labute approximate surface area is 109 Å². The molecule has 0 aromatic heterocycles. The Morgan fingerprint density at radius 3 is 2.95 bits per heavy atom. The van der Waals surface area contributed by atoms with E-state index in [9.17, 15) is 14.9 Å². The summed E-state index contributed by atoms with van der Waals surface area (Å²) in [7, 11) is 0. The van der Waals surface area contributed by atoms with Crippen LogP contribution in [-0.2, 0) is 4.79 Å². The molecule has 1 unspecified atom stereocenters. The molecule has 1 aliphatic heterocycles. The molecule has 0 spiro atoms. The summed E-state index contributed by atoms with van der Waals surface area (Å²) in [4.78, 5) is 22.2. The number of carbonyl (C=O) groups is 1. The molecule has 1 saturated heterocycles. The van der Waals surface area contributed by atoms with E-state index in [1.165, 1.54) is 12.1 Å². The van der Waals surface area contributed by atoms with E-state index >= 15 is 0 Å². The van der Waals surface area contributed by atoms with E-state index in [-0.39, 0.29) is 28.9 Å². The van der Waals surface area contributed by atoms with Crippen LogP contribution >= 0.6 is 0 Å². The minimum absolute atomic E-state index is 0.114. The number of hydrogen-bond donors (Lipinski definition) is 2. The van der Waals surface area contributed by atoms with Crippen LogP contribution in [0.3, 0.4) is 0 Å². The lowest BCUT2D eigenvalue weighted by atomic mass is 10.1. The molecule has 0 aliphatic carbocycles. The van der Waals surface area contributed by atoms with Crippen molar-refractivity contribution in [2.24, 2.45) is 0 Å². The zero-order valence-electron chi connectivity index (χ0n) is 10.0. The van der Waals surface area contributed by atoms with Gasteiger partial charge in [-0.15, -0.1) is 0 Å². The van der Waals surface area contributed by atoms with Gasteiger partial charge in [0.2, 0.25) is 5.91 Å². The average Bonchev–Trinajstić information content (AvgIpc) is 2.92. The van der Waals surface area contributed by atoms with E-state index in [1.807, 2.05) is 6.07 Å². The number of nitrogens with zero attached hydrogens (tertiary/aromatic N) is 2. The summed E-state index contributed by atoms with van der Waals surface area (Å²) < 4.78 is 0. The van der Waals surface area contributed by atoms with E-state index in [2.05, 4.69) is 10.6 Å². The Morgan fingerprint density at radius 2 is 2.37 bits per heavy atom. The highest BCUT2D eigenvalue weighted by molar-refractivity contribution is 5.97. The number of nitro benzene ring substituents is 1. The van der Waals surface area contributed by atoms with Crippen LogP contribution in [0.2, 0.25) is 0 Å². The zero-order valence-corrected chi connectivity index (χ0v) is 10.0. The highest BCUT2D eigenvalue weighted by Crippen LogP contribution is 2.25. The zero-order chi connectivity index (χ0) is 13.8. The Morgan fingerprint density at radius 1 is 1.58 bits per heavy atom. The molecular formula is C12H12N4O3. The van der Waals surface area contributed by atoms with Gasteiger partial charge >= 0.3 is 0 Å². The van der Waals surface area contributed by atoms with Crippen molar-refractivity contribution in [2.45, 2.75) is 18.9 Å². The number of rotatable bonds is 3. The van der Waals surface area contributed by atoms with Crippen molar-refractivity contribution in [1.82, 2.24) is 5.32 Å². The van der Waals surface area contributed by atoms with E-state index in [1.54, 1.807) is 0 Å². The molecule has 7 heteroatoms. The second-order valence-electron chi connectivity index (χ2n) is 4.24. The molecule has 1 aliphatic rings. The monoisotopic (exact) mass is 260 g/mol. The third kappa shape index (κ3) is 2.86. The van der Waals surface area contributed by atoms with Crippen molar-refractivity contribution in [3.05, 3.63) is 33.9 Å². The molecule has 19 heavy (non-hydrogen) atoms. The summed E-state index contributed by atoms with van der Waals surface area (Å²) in [6, 6.07) is 5.48. The SMILES string of the molecule is N#Cc1ccc(NC(=O)C2CCCN2)c([N+](=O)[O-])c1. The van der Waals surface area contributed by atoms with Crippen LogP contribution in [0.25, 0.3) is 0 Å². The molecule has 1 amide bonds. The summed E-state index contributed by atoms with van der Waals surface area (Å²) in [6.07, 6.45) is 1.63. The quantitative estimate of drug-likeness (QED) is 0.626. The number of nitriles is 1. The first-order valence-corrected chi connectivity index (χ1v) is 5.84. The lowest BCUT2D eigenvalue weighted by Gasteiger charge is -2.11. The van der Waals surface area contributed by atoms with E-state index in [0.29, 0.717) is 0 Å². The van der Waals surface area contributed by atoms with E-state index < -0.39 is 4.92 Å². The second-order valence-corrected chi connectivity index (χ2v) is 4.24. The van der Waals surface area contributed by atoms with Crippen LogP contribution in [0.1, 0.15) is 18.4 Å². The topological polar surface area (TPSA) is 108 Å². The Hall–Kier alpha value is -2.46. The summed E-state index contributed by atoms with van der Waals surface area (Å²) >= 11 is 0. The minimum Gasteiger partial charge on any atom is -0.319 e. The highest BCUT2D eigenvalue weighted by atomic mass is 16.6. The summed E-state index contributed by atoms with van der Waals surface area (Å²) in [5.41, 5.74) is 0.0248. The Bertz CT molecular complexity index is 559. The van der Waals surface area contributed by atoms with Gasteiger partial charge in [0, 0.05) is 6.07 Å². The molecule has 7 nitrogen and oxygen atoms in total. The van der Waals surface area contributed by atoms with Crippen molar-refractivity contribution >= 4 is 17.3 Å². The Balaban J connectivity index is 2.22. The molecule has 98 valence electrons. The molecule has 2 N–H and O–H groups in total. The van der Waals surface area contributed by atoms with E-state index in [4.69, 9.17) is 5.26 Å². The van der Waals surface area contributed by atoms with Crippen molar-refractivity contribution in [1.29, 1.82) is 5.26 Å². The number of carbonyl (C=O) groups excluding carboxylic acids is 1. The lowest BCUT2D eigenvalue weighted by molar-refractivity contribution is -0.383. The van der Waals surface area contributed by atoms with Crippen molar-refractivity contribution in [3.63, 3.8) is 0 Å². The van der Waals surface area contributed by atoms with Crippen LogP contribution in [0.4, 0.5) is 11.4 Å². The summed E-state index contributed by atoms with van der Waals surface area (Å²) in [5, 5.41) is 25.2. The summed E-state index contributed by atoms with van der Waals surface area (Å²) in [5.74, 6) is -0.287. The smallest absolute Gasteiger partial charge is 0.294 e. The van der Waals surface area contributed by atoms with Crippen molar-refractivity contribution in [3.8, 4) is 6.07 Å². The summed E-state index contributed by atoms with van der Waals surface area (Å²) in [6.45, 7) is 0.771. The maximum atomic E-state index is 11.9. The van der Waals surface area contributed by atoms with Gasteiger partial charge in [-0.3, -0.25) is 14.9 Å². The predicted octanol–water partition coefficient (Wildman–Crippen LogP) is 1.16. The number of hydrogen-bond acceptors (Lipinski definition) is 5. The van der Waals surface area contributed by atoms with Crippen LogP contribution in [0.15, 0.2) is 18.2 Å². The van der Waals surface area contributed by atoms with Crippen LogP contribution in [0.5, 0.6) is 0 Å². The molecule has 0 radical (unpaired) electrons. The van der Waals surface area contributed by atoms with Gasteiger partial charge in [0.05, 0.1) is 22.6 Å². The number of nitro groups is 1. The molecule has 1 heterocycles. The molecule has 1 aromatic carbocycles. The molecule has 1 aromatic rings. The molecule has 0 bridgehead atoms. The largest absolute Gasteiger partial charge is 0.319 e. The van der Waals surface area contributed by atoms with Gasteiger partial charge in [-0.2, -0.15) is 5.26 Å². The lowest BCUT2D eigenvalue weighted by Crippen LogP contribution is -2.35. The van der Waals surface area contributed by atoms with Crippen LogP contribution in [0, 0.1) is 21.4 Å². The van der Waals surface area contributed by atoms with Crippen molar-refractivity contribution < 1.29 is 9.72 Å². The van der Waals surface area contributed by atoms with Gasteiger partial charge in [-0.1, -0.05) is 0 Å². The fourth-order valence-electron chi connectivity index (χ4n) is 1.99. The molecule has 2 rings (SSSR count). The standard InChI is InChI=1S/C12H12N4O3/c13-7-8-3-4-9(11(6-8)16(18)19)15-12(17)10-2-1-5-14-10/h3-4,6,10,14H,1-2,5H2,(H,15,17). The fourth-order valence-corrected chi connectivity index (χ4v) is 1.99. The van der Waals surface area contributed by atoms with Crippen LogP contribution in [-0.4, -0.2) is 23.4 Å². The van der Waals surface area contributed by atoms with Gasteiger partial charge < -0.3 is 10.6 Å². The first kappa shape index (κ1) is 13.0. The van der Waals surface area contributed by atoms with Gasteiger partial charge in [-0.05, 0) is 31.5 Å². The fraction of sp³-hybridized carbons (Fsp3) is 0.333. The predicted molar refractivity (Wildman–Crippen MR) is 67.5 cm³/mol. The van der Waals surface area contributed by atoms with Crippen molar-refractivity contribution in [2.75, 3.05) is 11.9 Å². The molecule has 1 fully saturated rings.